The van der Waals surface area contributed by atoms with Crippen LogP contribution >= 0.6 is 0 Å². The Labute approximate surface area is 108 Å². The van der Waals surface area contributed by atoms with Gasteiger partial charge in [0.05, 0.1) is 0 Å². The smallest absolute Gasteiger partial charge is 0.257 e. The largest absolute Gasteiger partial charge is 0.368 e. The molecule has 0 aromatic carbocycles. The fourth-order valence-electron chi connectivity index (χ4n) is 1.60. The molecular formula is C11H10N8. The maximum absolute atomic E-state index is 5.68. The van der Waals surface area contributed by atoms with Gasteiger partial charge in [-0.25, -0.2) is 4.98 Å². The number of pyridine rings is 1. The Hall–Kier alpha value is -2.90. The summed E-state index contributed by atoms with van der Waals surface area (Å²) >= 11 is 0. The van der Waals surface area contributed by atoms with Crippen LogP contribution in [0.1, 0.15) is 11.4 Å². The van der Waals surface area contributed by atoms with E-state index in [1.165, 1.54) is 17.3 Å². The van der Waals surface area contributed by atoms with Crippen molar-refractivity contribution in [3.05, 3.63) is 48.6 Å². The Kier molecular flexibility index (Phi) is 2.81. The average Bonchev–Trinajstić information content (AvgIpc) is 2.93. The van der Waals surface area contributed by atoms with E-state index in [4.69, 9.17) is 5.73 Å². The van der Waals surface area contributed by atoms with Gasteiger partial charge in [0.15, 0.2) is 0 Å². The molecule has 3 rings (SSSR count). The van der Waals surface area contributed by atoms with Gasteiger partial charge in [-0.05, 0) is 17.7 Å². The van der Waals surface area contributed by atoms with Crippen LogP contribution in [0.5, 0.6) is 0 Å². The number of nitrogen functional groups attached to an aromatic ring is 1. The van der Waals surface area contributed by atoms with Crippen LogP contribution in [0.15, 0.2) is 37.2 Å². The zero-order chi connectivity index (χ0) is 13.1. The van der Waals surface area contributed by atoms with Gasteiger partial charge in [0, 0.05) is 18.8 Å². The molecule has 0 bridgehead atoms. The molecule has 2 N–H and O–H groups in total. The van der Waals surface area contributed by atoms with Gasteiger partial charge >= 0.3 is 0 Å². The highest BCUT2D eigenvalue weighted by molar-refractivity contribution is 5.24. The van der Waals surface area contributed by atoms with Crippen molar-refractivity contribution in [1.82, 2.24) is 34.7 Å². The first-order valence-corrected chi connectivity index (χ1v) is 5.55. The minimum Gasteiger partial charge on any atom is -0.368 e. The van der Waals surface area contributed by atoms with E-state index in [-0.39, 0.29) is 5.95 Å². The molecule has 3 heterocycles. The van der Waals surface area contributed by atoms with Crippen molar-refractivity contribution in [3.8, 4) is 5.95 Å². The maximum atomic E-state index is 5.68. The molecule has 8 nitrogen and oxygen atoms in total. The molecule has 3 aromatic rings. The zero-order valence-corrected chi connectivity index (χ0v) is 9.88. The molecule has 3 aromatic heterocycles. The van der Waals surface area contributed by atoms with Crippen molar-refractivity contribution < 1.29 is 0 Å². The first kappa shape index (κ1) is 11.2. The third kappa shape index (κ3) is 2.51. The molecule has 0 aliphatic heterocycles. The molecule has 0 spiro atoms. The number of hydrogen-bond acceptors (Lipinski definition) is 7. The fourth-order valence-corrected chi connectivity index (χ4v) is 1.60. The lowest BCUT2D eigenvalue weighted by molar-refractivity contribution is 0.776. The number of nitrogens with two attached hydrogens (primary N) is 1. The lowest BCUT2D eigenvalue weighted by Gasteiger charge is -2.04. The molecule has 0 saturated heterocycles. The summed E-state index contributed by atoms with van der Waals surface area (Å²) in [5, 5.41) is 3.96. The number of hydrogen-bond donors (Lipinski definition) is 1. The Bertz CT molecular complexity index is 664. The van der Waals surface area contributed by atoms with Crippen LogP contribution in [0, 0.1) is 0 Å². The van der Waals surface area contributed by atoms with Crippen molar-refractivity contribution in [2.45, 2.75) is 6.42 Å². The van der Waals surface area contributed by atoms with Crippen LogP contribution in [-0.4, -0.2) is 34.7 Å². The van der Waals surface area contributed by atoms with Gasteiger partial charge in [-0.2, -0.15) is 24.7 Å². The van der Waals surface area contributed by atoms with Crippen LogP contribution < -0.4 is 5.73 Å². The predicted molar refractivity (Wildman–Crippen MR) is 66.2 cm³/mol. The minimum atomic E-state index is 0.157. The van der Waals surface area contributed by atoms with Gasteiger partial charge in [-0.1, -0.05) is 0 Å². The fraction of sp³-hybridized carbons (Fsp3) is 0.0909. The summed E-state index contributed by atoms with van der Waals surface area (Å²) in [4.78, 5) is 20.3. The maximum Gasteiger partial charge on any atom is 0.257 e. The first-order chi connectivity index (χ1) is 9.31. The van der Waals surface area contributed by atoms with E-state index in [0.717, 1.165) is 5.56 Å². The standard InChI is InChI=1S/C11H10N8/c12-10-16-9(5-8-1-3-13-4-2-8)17-11(18-10)19-7-14-6-15-19/h1-4,6-7H,5H2,(H2,12,16,17,18). The Balaban J connectivity index is 1.94. The zero-order valence-electron chi connectivity index (χ0n) is 9.88. The van der Waals surface area contributed by atoms with Crippen molar-refractivity contribution in [1.29, 1.82) is 0 Å². The van der Waals surface area contributed by atoms with E-state index < -0.39 is 0 Å². The lowest BCUT2D eigenvalue weighted by atomic mass is 10.2. The topological polar surface area (TPSA) is 108 Å². The average molecular weight is 254 g/mol. The van der Waals surface area contributed by atoms with E-state index in [9.17, 15) is 0 Å². The molecule has 94 valence electrons. The summed E-state index contributed by atoms with van der Waals surface area (Å²) in [5.74, 6) is 1.09. The van der Waals surface area contributed by atoms with Crippen LogP contribution in [0.3, 0.4) is 0 Å². The lowest BCUT2D eigenvalue weighted by Crippen LogP contribution is -2.10. The van der Waals surface area contributed by atoms with Crippen LogP contribution in [0.25, 0.3) is 5.95 Å². The second kappa shape index (κ2) is 4.77. The van der Waals surface area contributed by atoms with Gasteiger partial charge in [-0.15, -0.1) is 0 Å². The minimum absolute atomic E-state index is 0.157. The molecule has 19 heavy (non-hydrogen) atoms. The Morgan fingerprint density at radius 3 is 2.63 bits per heavy atom. The summed E-state index contributed by atoms with van der Waals surface area (Å²) in [5.41, 5.74) is 6.73. The number of rotatable bonds is 3. The highest BCUT2D eigenvalue weighted by Gasteiger charge is 2.07. The van der Waals surface area contributed by atoms with Crippen LogP contribution in [-0.2, 0) is 6.42 Å². The highest BCUT2D eigenvalue weighted by atomic mass is 15.4. The van der Waals surface area contributed by atoms with Gasteiger partial charge < -0.3 is 5.73 Å². The number of anilines is 1. The van der Waals surface area contributed by atoms with Gasteiger partial charge in [0.2, 0.25) is 5.95 Å². The van der Waals surface area contributed by atoms with Crippen molar-refractivity contribution in [3.63, 3.8) is 0 Å². The van der Waals surface area contributed by atoms with E-state index in [1.54, 1.807) is 12.4 Å². The first-order valence-electron chi connectivity index (χ1n) is 5.55. The summed E-state index contributed by atoms with van der Waals surface area (Å²) < 4.78 is 1.44. The predicted octanol–water partition coefficient (Wildman–Crippen LogP) is 0.0203. The second-order valence-electron chi connectivity index (χ2n) is 3.78. The van der Waals surface area contributed by atoms with Gasteiger partial charge in [-0.3, -0.25) is 4.98 Å². The van der Waals surface area contributed by atoms with Crippen molar-refractivity contribution >= 4 is 5.95 Å². The quantitative estimate of drug-likeness (QED) is 0.701. The second-order valence-corrected chi connectivity index (χ2v) is 3.78. The normalized spacial score (nSPS) is 10.5. The summed E-state index contributed by atoms with van der Waals surface area (Å²) in [7, 11) is 0. The van der Waals surface area contributed by atoms with Gasteiger partial charge in [0.25, 0.3) is 5.95 Å². The van der Waals surface area contributed by atoms with Gasteiger partial charge in [0.1, 0.15) is 18.5 Å². The molecular weight excluding hydrogens is 244 g/mol. The Morgan fingerprint density at radius 1 is 1.05 bits per heavy atom. The molecule has 0 aliphatic carbocycles. The summed E-state index contributed by atoms with van der Waals surface area (Å²) in [6.45, 7) is 0. The molecule has 0 aliphatic rings. The van der Waals surface area contributed by atoms with E-state index in [0.29, 0.717) is 18.2 Å². The molecule has 8 heteroatoms. The van der Waals surface area contributed by atoms with Crippen LogP contribution in [0.4, 0.5) is 5.95 Å². The number of nitrogens with zero attached hydrogens (tertiary/aromatic N) is 7. The molecule has 0 fully saturated rings. The summed E-state index contributed by atoms with van der Waals surface area (Å²) in [6, 6.07) is 3.80. The van der Waals surface area contributed by atoms with Crippen molar-refractivity contribution in [2.75, 3.05) is 5.73 Å². The van der Waals surface area contributed by atoms with Crippen molar-refractivity contribution in [2.24, 2.45) is 0 Å². The Morgan fingerprint density at radius 2 is 1.89 bits per heavy atom. The SMILES string of the molecule is Nc1nc(Cc2ccncc2)nc(-n2cncn2)n1. The third-order valence-corrected chi connectivity index (χ3v) is 2.42. The molecule has 0 saturated carbocycles. The summed E-state index contributed by atoms with van der Waals surface area (Å²) in [6.07, 6.45) is 6.90. The highest BCUT2D eigenvalue weighted by Crippen LogP contribution is 2.07. The monoisotopic (exact) mass is 254 g/mol. The van der Waals surface area contributed by atoms with E-state index in [2.05, 4.69) is 30.0 Å². The third-order valence-electron chi connectivity index (χ3n) is 2.42. The number of aromatic nitrogens is 7. The molecule has 0 atom stereocenters. The van der Waals surface area contributed by atoms with E-state index in [1.807, 2.05) is 12.1 Å². The van der Waals surface area contributed by atoms with Crippen LogP contribution in [0.2, 0.25) is 0 Å². The molecule has 0 amide bonds. The molecule has 0 radical (unpaired) electrons. The van der Waals surface area contributed by atoms with E-state index >= 15 is 0 Å². The molecule has 0 unspecified atom stereocenters.